The maximum absolute atomic E-state index is 13.4. The summed E-state index contributed by atoms with van der Waals surface area (Å²) in [5.74, 6) is -3.04. The highest BCUT2D eigenvalue weighted by Crippen LogP contribution is 2.31. The zero-order valence-corrected chi connectivity index (χ0v) is 10.5. The van der Waals surface area contributed by atoms with Crippen LogP contribution in [0.2, 0.25) is 0 Å². The van der Waals surface area contributed by atoms with Crippen molar-refractivity contribution in [1.29, 1.82) is 0 Å². The molecule has 88 valence electrons. The van der Waals surface area contributed by atoms with Crippen LogP contribution in [-0.4, -0.2) is 6.04 Å². The average Bonchev–Trinajstić information content (AvgIpc) is 2.23. The third kappa shape index (κ3) is 2.98. The molecule has 0 radical (unpaired) electrons. The first-order chi connectivity index (χ1) is 7.47. The highest BCUT2D eigenvalue weighted by Gasteiger charge is 2.21. The number of nitrogens with two attached hydrogens (primary N) is 1. The van der Waals surface area contributed by atoms with Crippen molar-refractivity contribution in [2.24, 2.45) is 5.73 Å². The van der Waals surface area contributed by atoms with Crippen LogP contribution in [0.25, 0.3) is 0 Å². The SMILES string of the molecule is C=CCC(N)[C@@H](I)c1cc(F)c(F)cc1F. The number of alkyl halides is 1. The van der Waals surface area contributed by atoms with E-state index in [9.17, 15) is 13.2 Å². The molecule has 0 amide bonds. The minimum Gasteiger partial charge on any atom is -0.326 e. The van der Waals surface area contributed by atoms with Gasteiger partial charge in [0.1, 0.15) is 5.82 Å². The van der Waals surface area contributed by atoms with Crippen LogP contribution in [0.15, 0.2) is 24.8 Å². The zero-order chi connectivity index (χ0) is 12.3. The Morgan fingerprint density at radius 1 is 1.25 bits per heavy atom. The maximum atomic E-state index is 13.4. The lowest BCUT2D eigenvalue weighted by Crippen LogP contribution is -2.25. The number of hydrogen-bond donors (Lipinski definition) is 1. The third-order valence-electron chi connectivity index (χ3n) is 2.15. The second kappa shape index (κ2) is 5.67. The van der Waals surface area contributed by atoms with Gasteiger partial charge in [0.15, 0.2) is 11.6 Å². The van der Waals surface area contributed by atoms with Crippen LogP contribution >= 0.6 is 22.6 Å². The number of rotatable bonds is 4. The molecule has 0 aromatic heterocycles. The van der Waals surface area contributed by atoms with Gasteiger partial charge in [0.05, 0.1) is 3.92 Å². The van der Waals surface area contributed by atoms with Gasteiger partial charge in [0.2, 0.25) is 0 Å². The average molecular weight is 341 g/mol. The van der Waals surface area contributed by atoms with Crippen molar-refractivity contribution >= 4 is 22.6 Å². The van der Waals surface area contributed by atoms with E-state index < -0.39 is 21.4 Å². The molecule has 0 aliphatic heterocycles. The lowest BCUT2D eigenvalue weighted by molar-refractivity contribution is 0.487. The van der Waals surface area contributed by atoms with Gasteiger partial charge < -0.3 is 5.73 Å². The molecule has 0 aliphatic carbocycles. The van der Waals surface area contributed by atoms with Crippen LogP contribution in [0.4, 0.5) is 13.2 Å². The van der Waals surface area contributed by atoms with E-state index >= 15 is 0 Å². The van der Waals surface area contributed by atoms with E-state index in [2.05, 4.69) is 6.58 Å². The molecule has 0 saturated heterocycles. The molecule has 1 rings (SSSR count). The summed E-state index contributed by atoms with van der Waals surface area (Å²) >= 11 is 1.91. The number of hydrogen-bond acceptors (Lipinski definition) is 1. The topological polar surface area (TPSA) is 26.0 Å². The summed E-state index contributed by atoms with van der Waals surface area (Å²) in [5.41, 5.74) is 5.83. The first-order valence-electron chi connectivity index (χ1n) is 4.62. The first-order valence-corrected chi connectivity index (χ1v) is 5.87. The van der Waals surface area contributed by atoms with Crippen molar-refractivity contribution in [1.82, 2.24) is 0 Å². The van der Waals surface area contributed by atoms with E-state index in [-0.39, 0.29) is 11.6 Å². The molecule has 1 unspecified atom stereocenters. The number of benzene rings is 1. The summed E-state index contributed by atoms with van der Waals surface area (Å²) in [6.45, 7) is 3.52. The Labute approximate surface area is 106 Å². The Hall–Kier alpha value is -0.560. The fraction of sp³-hybridized carbons (Fsp3) is 0.273. The Bertz CT molecular complexity index is 395. The Balaban J connectivity index is 3.03. The van der Waals surface area contributed by atoms with Crippen LogP contribution < -0.4 is 5.73 Å². The van der Waals surface area contributed by atoms with Gasteiger partial charge >= 0.3 is 0 Å². The Kier molecular flexibility index (Phi) is 4.79. The largest absolute Gasteiger partial charge is 0.326 e. The molecule has 0 saturated carbocycles. The van der Waals surface area contributed by atoms with Crippen LogP contribution in [0, 0.1) is 17.5 Å². The van der Waals surface area contributed by atoms with Crippen LogP contribution in [0.5, 0.6) is 0 Å². The monoisotopic (exact) mass is 341 g/mol. The van der Waals surface area contributed by atoms with Crippen LogP contribution in [0.1, 0.15) is 15.9 Å². The summed E-state index contributed by atoms with van der Waals surface area (Å²) < 4.78 is 38.6. The first kappa shape index (κ1) is 13.5. The van der Waals surface area contributed by atoms with Gasteiger partial charge in [0, 0.05) is 17.7 Å². The predicted octanol–water partition coefficient (Wildman–Crippen LogP) is 3.48. The molecule has 2 atom stereocenters. The molecule has 1 aromatic carbocycles. The Morgan fingerprint density at radius 3 is 2.38 bits per heavy atom. The lowest BCUT2D eigenvalue weighted by atomic mass is 10.0. The van der Waals surface area contributed by atoms with E-state index in [0.29, 0.717) is 12.5 Å². The molecule has 1 aromatic rings. The van der Waals surface area contributed by atoms with E-state index in [1.807, 2.05) is 22.6 Å². The summed E-state index contributed by atoms with van der Waals surface area (Å²) in [5, 5.41) is 0. The van der Waals surface area contributed by atoms with Crippen molar-refractivity contribution < 1.29 is 13.2 Å². The second-order valence-electron chi connectivity index (χ2n) is 3.38. The molecule has 0 heterocycles. The van der Waals surface area contributed by atoms with Gasteiger partial charge in [-0.1, -0.05) is 28.7 Å². The summed E-state index contributed by atoms with van der Waals surface area (Å²) in [4.78, 5) is 0. The summed E-state index contributed by atoms with van der Waals surface area (Å²) in [6, 6.07) is 1.01. The van der Waals surface area contributed by atoms with E-state index in [4.69, 9.17) is 5.73 Å². The highest BCUT2D eigenvalue weighted by atomic mass is 127. The second-order valence-corrected chi connectivity index (χ2v) is 4.72. The Morgan fingerprint density at radius 2 is 1.81 bits per heavy atom. The fourth-order valence-electron chi connectivity index (χ4n) is 1.29. The number of halogens is 4. The van der Waals surface area contributed by atoms with Crippen molar-refractivity contribution in [3.63, 3.8) is 0 Å². The molecule has 2 N–H and O–H groups in total. The molecule has 0 aliphatic rings. The minimum atomic E-state index is -1.19. The van der Waals surface area contributed by atoms with E-state index in [1.165, 1.54) is 0 Å². The van der Waals surface area contributed by atoms with Crippen molar-refractivity contribution in [2.45, 2.75) is 16.4 Å². The van der Waals surface area contributed by atoms with Crippen molar-refractivity contribution in [3.8, 4) is 0 Å². The lowest BCUT2D eigenvalue weighted by Gasteiger charge is -2.18. The van der Waals surface area contributed by atoms with Crippen molar-refractivity contribution in [3.05, 3.63) is 47.8 Å². The van der Waals surface area contributed by atoms with Crippen molar-refractivity contribution in [2.75, 3.05) is 0 Å². The molecule has 16 heavy (non-hydrogen) atoms. The van der Waals surface area contributed by atoms with Crippen LogP contribution in [-0.2, 0) is 0 Å². The normalized spacial score (nSPS) is 14.6. The molecular weight excluding hydrogens is 330 g/mol. The van der Waals surface area contributed by atoms with Gasteiger partial charge in [-0.05, 0) is 12.5 Å². The molecule has 0 bridgehead atoms. The summed E-state index contributed by atoms with van der Waals surface area (Å²) in [7, 11) is 0. The minimum absolute atomic E-state index is 0.0776. The van der Waals surface area contributed by atoms with E-state index in [0.717, 1.165) is 6.07 Å². The molecule has 5 heteroatoms. The van der Waals surface area contributed by atoms with Gasteiger partial charge in [-0.3, -0.25) is 0 Å². The maximum Gasteiger partial charge on any atom is 0.161 e. The zero-order valence-electron chi connectivity index (χ0n) is 8.39. The van der Waals surface area contributed by atoms with Gasteiger partial charge in [-0.25, -0.2) is 13.2 Å². The summed E-state index contributed by atoms with van der Waals surface area (Å²) in [6.07, 6.45) is 2.08. The fourth-order valence-corrected chi connectivity index (χ4v) is 2.06. The van der Waals surface area contributed by atoms with Gasteiger partial charge in [0.25, 0.3) is 0 Å². The smallest absolute Gasteiger partial charge is 0.161 e. The van der Waals surface area contributed by atoms with Gasteiger partial charge in [-0.15, -0.1) is 6.58 Å². The van der Waals surface area contributed by atoms with E-state index in [1.54, 1.807) is 6.08 Å². The van der Waals surface area contributed by atoms with Crippen LogP contribution in [0.3, 0.4) is 0 Å². The molecule has 0 fully saturated rings. The standard InChI is InChI=1S/C11H11F3IN/c1-2-3-10(16)11(15)6-4-8(13)9(14)5-7(6)12/h2,4-5,10-11H,1,3,16H2/t10?,11-/m0/s1. The van der Waals surface area contributed by atoms with Gasteiger partial charge in [-0.2, -0.15) is 0 Å². The highest BCUT2D eigenvalue weighted by molar-refractivity contribution is 14.1. The molecule has 1 nitrogen and oxygen atoms in total. The molecule has 0 spiro atoms. The quantitative estimate of drug-likeness (QED) is 0.386. The third-order valence-corrected chi connectivity index (χ3v) is 3.75. The predicted molar refractivity (Wildman–Crippen MR) is 65.9 cm³/mol. The molecular formula is C11H11F3IN.